The molecule has 0 aromatic heterocycles. The molecule has 1 aliphatic heterocycles. The van der Waals surface area contributed by atoms with Gasteiger partial charge in [0.1, 0.15) is 11.4 Å². The van der Waals surface area contributed by atoms with E-state index in [2.05, 4.69) is 57.2 Å². The fourth-order valence-electron chi connectivity index (χ4n) is 2.91. The van der Waals surface area contributed by atoms with E-state index >= 15 is 0 Å². The molecule has 0 aliphatic carbocycles. The predicted molar refractivity (Wildman–Crippen MR) is 82.9 cm³/mol. The summed E-state index contributed by atoms with van der Waals surface area (Å²) in [7, 11) is 0. The Morgan fingerprint density at radius 1 is 1.15 bits per heavy atom. The van der Waals surface area contributed by atoms with Gasteiger partial charge in [-0.05, 0) is 55.2 Å². The van der Waals surface area contributed by atoms with E-state index in [9.17, 15) is 0 Å². The Labute approximate surface area is 120 Å². The van der Waals surface area contributed by atoms with Gasteiger partial charge in [0.05, 0.1) is 0 Å². The molecule has 3 rings (SSSR count). The number of benzene rings is 2. The van der Waals surface area contributed by atoms with Crippen molar-refractivity contribution in [1.82, 2.24) is 0 Å². The van der Waals surface area contributed by atoms with Crippen molar-refractivity contribution in [3.63, 3.8) is 0 Å². The van der Waals surface area contributed by atoms with E-state index in [1.807, 2.05) is 0 Å². The van der Waals surface area contributed by atoms with Crippen LogP contribution in [-0.4, -0.2) is 5.60 Å². The molecule has 0 unspecified atom stereocenters. The highest BCUT2D eigenvalue weighted by Gasteiger charge is 2.30. The van der Waals surface area contributed by atoms with Crippen LogP contribution in [0.2, 0.25) is 0 Å². The third kappa shape index (κ3) is 2.32. The standard InChI is InChI=1S/C18H21NO/c1-12-4-5-14(11-19)16(8-12)13-6-7-17-15(9-13)10-18(2,3)20-17/h4-9H,10-11,19H2,1-3H3. The zero-order valence-corrected chi connectivity index (χ0v) is 12.4. The van der Waals surface area contributed by atoms with Crippen LogP contribution in [0.25, 0.3) is 11.1 Å². The van der Waals surface area contributed by atoms with Gasteiger partial charge in [0.15, 0.2) is 0 Å². The summed E-state index contributed by atoms with van der Waals surface area (Å²) in [6.07, 6.45) is 0.958. The van der Waals surface area contributed by atoms with Crippen LogP contribution in [0, 0.1) is 6.92 Å². The Morgan fingerprint density at radius 3 is 2.70 bits per heavy atom. The number of hydrogen-bond donors (Lipinski definition) is 1. The van der Waals surface area contributed by atoms with Crippen LogP contribution >= 0.6 is 0 Å². The molecule has 0 spiro atoms. The third-order valence-corrected chi connectivity index (χ3v) is 3.86. The summed E-state index contributed by atoms with van der Waals surface area (Å²) < 4.78 is 5.94. The van der Waals surface area contributed by atoms with Gasteiger partial charge in [-0.15, -0.1) is 0 Å². The van der Waals surface area contributed by atoms with Crippen molar-refractivity contribution >= 4 is 0 Å². The molecule has 2 aromatic rings. The van der Waals surface area contributed by atoms with Crippen LogP contribution in [-0.2, 0) is 13.0 Å². The molecule has 2 N–H and O–H groups in total. The van der Waals surface area contributed by atoms with Crippen LogP contribution in [0.15, 0.2) is 36.4 Å². The largest absolute Gasteiger partial charge is 0.487 e. The first-order chi connectivity index (χ1) is 9.48. The number of aryl methyl sites for hydroxylation is 1. The molecule has 0 fully saturated rings. The molecular weight excluding hydrogens is 246 g/mol. The van der Waals surface area contributed by atoms with Crippen LogP contribution in [0.5, 0.6) is 5.75 Å². The maximum atomic E-state index is 5.94. The minimum Gasteiger partial charge on any atom is -0.487 e. The lowest BCUT2D eigenvalue weighted by Gasteiger charge is -2.16. The second-order valence-electron chi connectivity index (χ2n) is 6.23. The van der Waals surface area contributed by atoms with E-state index in [0.717, 1.165) is 12.2 Å². The lowest BCUT2D eigenvalue weighted by atomic mass is 9.94. The quantitative estimate of drug-likeness (QED) is 0.897. The fraction of sp³-hybridized carbons (Fsp3) is 0.333. The van der Waals surface area contributed by atoms with Crippen molar-refractivity contribution in [2.24, 2.45) is 5.73 Å². The molecule has 0 radical (unpaired) electrons. The van der Waals surface area contributed by atoms with Crippen molar-refractivity contribution in [1.29, 1.82) is 0 Å². The fourth-order valence-corrected chi connectivity index (χ4v) is 2.91. The van der Waals surface area contributed by atoms with Crippen molar-refractivity contribution in [3.8, 4) is 16.9 Å². The molecule has 0 amide bonds. The molecule has 20 heavy (non-hydrogen) atoms. The second-order valence-corrected chi connectivity index (χ2v) is 6.23. The Morgan fingerprint density at radius 2 is 1.95 bits per heavy atom. The molecule has 104 valence electrons. The number of hydrogen-bond acceptors (Lipinski definition) is 2. The first kappa shape index (κ1) is 13.2. The van der Waals surface area contributed by atoms with Gasteiger partial charge in [-0.1, -0.05) is 29.8 Å². The molecular formula is C18H21NO. The molecule has 0 atom stereocenters. The summed E-state index contributed by atoms with van der Waals surface area (Å²) in [6, 6.07) is 12.9. The van der Waals surface area contributed by atoms with Gasteiger partial charge >= 0.3 is 0 Å². The highest BCUT2D eigenvalue weighted by Crippen LogP contribution is 2.38. The van der Waals surface area contributed by atoms with Gasteiger partial charge in [-0.2, -0.15) is 0 Å². The highest BCUT2D eigenvalue weighted by atomic mass is 16.5. The van der Waals surface area contributed by atoms with Crippen molar-refractivity contribution in [2.45, 2.75) is 39.3 Å². The van der Waals surface area contributed by atoms with Crippen LogP contribution in [0.4, 0.5) is 0 Å². The van der Waals surface area contributed by atoms with E-state index in [4.69, 9.17) is 10.5 Å². The Bertz CT molecular complexity index is 658. The smallest absolute Gasteiger partial charge is 0.123 e. The number of rotatable bonds is 2. The van der Waals surface area contributed by atoms with Gasteiger partial charge in [-0.3, -0.25) is 0 Å². The van der Waals surface area contributed by atoms with Crippen LogP contribution in [0.1, 0.15) is 30.5 Å². The van der Waals surface area contributed by atoms with Gasteiger partial charge in [-0.25, -0.2) is 0 Å². The average Bonchev–Trinajstić information content (AvgIpc) is 2.71. The minimum atomic E-state index is -0.0930. The molecule has 0 bridgehead atoms. The summed E-state index contributed by atoms with van der Waals surface area (Å²) in [4.78, 5) is 0. The second kappa shape index (κ2) is 4.64. The lowest BCUT2D eigenvalue weighted by molar-refractivity contribution is 0.138. The summed E-state index contributed by atoms with van der Waals surface area (Å²) in [5.74, 6) is 1.01. The van der Waals surface area contributed by atoms with Gasteiger partial charge in [0, 0.05) is 13.0 Å². The van der Waals surface area contributed by atoms with E-state index in [-0.39, 0.29) is 5.60 Å². The van der Waals surface area contributed by atoms with Gasteiger partial charge < -0.3 is 10.5 Å². The Kier molecular flexibility index (Phi) is 3.06. The van der Waals surface area contributed by atoms with Crippen LogP contribution in [0.3, 0.4) is 0 Å². The molecule has 2 heteroatoms. The summed E-state index contributed by atoms with van der Waals surface area (Å²) in [5, 5.41) is 0. The summed E-state index contributed by atoms with van der Waals surface area (Å²) >= 11 is 0. The van der Waals surface area contributed by atoms with Crippen molar-refractivity contribution in [3.05, 3.63) is 53.1 Å². The summed E-state index contributed by atoms with van der Waals surface area (Å²) in [6.45, 7) is 6.94. The third-order valence-electron chi connectivity index (χ3n) is 3.86. The van der Waals surface area contributed by atoms with E-state index in [1.165, 1.54) is 27.8 Å². The molecule has 1 aliphatic rings. The number of ether oxygens (including phenoxy) is 1. The monoisotopic (exact) mass is 267 g/mol. The summed E-state index contributed by atoms with van der Waals surface area (Å²) in [5.41, 5.74) is 12.0. The van der Waals surface area contributed by atoms with Gasteiger partial charge in [0.25, 0.3) is 0 Å². The first-order valence-electron chi connectivity index (χ1n) is 7.10. The molecule has 1 heterocycles. The van der Waals surface area contributed by atoms with E-state index in [0.29, 0.717) is 6.54 Å². The first-order valence-corrected chi connectivity index (χ1v) is 7.10. The zero-order chi connectivity index (χ0) is 14.3. The maximum absolute atomic E-state index is 5.94. The highest BCUT2D eigenvalue weighted by molar-refractivity contribution is 5.70. The Balaban J connectivity index is 2.07. The molecule has 2 aromatic carbocycles. The zero-order valence-electron chi connectivity index (χ0n) is 12.4. The average molecular weight is 267 g/mol. The molecule has 0 saturated carbocycles. The van der Waals surface area contributed by atoms with Crippen molar-refractivity contribution in [2.75, 3.05) is 0 Å². The van der Waals surface area contributed by atoms with Crippen LogP contribution < -0.4 is 10.5 Å². The normalized spacial score (nSPS) is 15.8. The SMILES string of the molecule is Cc1ccc(CN)c(-c2ccc3c(c2)CC(C)(C)O3)c1. The number of fused-ring (bicyclic) bond motifs is 1. The van der Waals surface area contributed by atoms with Gasteiger partial charge in [0.2, 0.25) is 0 Å². The topological polar surface area (TPSA) is 35.2 Å². The maximum Gasteiger partial charge on any atom is 0.123 e. The van der Waals surface area contributed by atoms with E-state index < -0.39 is 0 Å². The Hall–Kier alpha value is -1.80. The minimum absolute atomic E-state index is 0.0930. The lowest BCUT2D eigenvalue weighted by Crippen LogP contribution is -2.24. The molecule has 2 nitrogen and oxygen atoms in total. The van der Waals surface area contributed by atoms with Crippen molar-refractivity contribution < 1.29 is 4.74 Å². The number of nitrogens with two attached hydrogens (primary N) is 1. The predicted octanol–water partition coefficient (Wildman–Crippen LogP) is 3.83. The van der Waals surface area contributed by atoms with E-state index in [1.54, 1.807) is 0 Å². The molecule has 0 saturated heterocycles.